The van der Waals surface area contributed by atoms with Gasteiger partial charge in [-0.2, -0.15) is 0 Å². The topological polar surface area (TPSA) is 173 Å². The number of pyridine rings is 1. The first-order valence-electron chi connectivity index (χ1n) is 3.66. The van der Waals surface area contributed by atoms with E-state index in [0.29, 0.717) is 0 Å². The highest BCUT2D eigenvalue weighted by Crippen LogP contribution is 2.34. The molecule has 78 valence electrons. The molecule has 0 saturated heterocycles. The standard InChI is InChI=1S/C5H2N10O/c6-12-9-3-1-2-15(16)5(11-14-8)4(3)10-13-7/h1-2H. The summed E-state index contributed by atoms with van der Waals surface area (Å²) in [5, 5.41) is 20.6. The van der Waals surface area contributed by atoms with Crippen LogP contribution in [0.2, 0.25) is 0 Å². The molecule has 0 atom stereocenters. The van der Waals surface area contributed by atoms with Crippen molar-refractivity contribution in [1.82, 2.24) is 0 Å². The van der Waals surface area contributed by atoms with Crippen LogP contribution in [0, 0.1) is 5.21 Å². The van der Waals surface area contributed by atoms with Crippen molar-refractivity contribution in [3.63, 3.8) is 0 Å². The van der Waals surface area contributed by atoms with Crippen molar-refractivity contribution >= 4 is 17.2 Å². The smallest absolute Gasteiger partial charge is 0.201 e. The van der Waals surface area contributed by atoms with Crippen LogP contribution in [0.5, 0.6) is 0 Å². The molecule has 0 aromatic carbocycles. The van der Waals surface area contributed by atoms with E-state index in [-0.39, 0.29) is 16.1 Å². The molecule has 0 aliphatic carbocycles. The number of rotatable bonds is 3. The van der Waals surface area contributed by atoms with Crippen LogP contribution in [0.15, 0.2) is 27.6 Å². The van der Waals surface area contributed by atoms with Gasteiger partial charge in [-0.1, -0.05) is 10.2 Å². The molecule has 16 heavy (non-hydrogen) atoms. The molecular formula is C5H2N10O. The molecule has 0 aliphatic rings. The SMILES string of the molecule is [N-]=[N+]=Nc1cc[n+]([O-])c(N=[N+]=[N-])c1N=[N+]=[N-]. The van der Waals surface area contributed by atoms with Gasteiger partial charge in [0.1, 0.15) is 0 Å². The third-order valence-electron chi connectivity index (χ3n) is 1.47. The van der Waals surface area contributed by atoms with Crippen LogP contribution in [-0.2, 0) is 0 Å². The van der Waals surface area contributed by atoms with Crippen LogP contribution in [0.25, 0.3) is 31.3 Å². The lowest BCUT2D eigenvalue weighted by Crippen LogP contribution is -2.24. The summed E-state index contributed by atoms with van der Waals surface area (Å²) in [6.07, 6.45) is 0.963. The van der Waals surface area contributed by atoms with E-state index in [1.807, 2.05) is 0 Å². The van der Waals surface area contributed by atoms with Crippen molar-refractivity contribution in [1.29, 1.82) is 0 Å². The first-order chi connectivity index (χ1) is 7.74. The van der Waals surface area contributed by atoms with Crippen LogP contribution < -0.4 is 4.73 Å². The minimum atomic E-state index is -0.481. The number of nitrogens with zero attached hydrogens (tertiary/aromatic N) is 10. The Bertz CT molecular complexity index is 559. The number of hydrogen-bond donors (Lipinski definition) is 0. The van der Waals surface area contributed by atoms with Gasteiger partial charge < -0.3 is 5.21 Å². The highest BCUT2D eigenvalue weighted by atomic mass is 16.5. The van der Waals surface area contributed by atoms with E-state index < -0.39 is 5.82 Å². The predicted octanol–water partition coefficient (Wildman–Crippen LogP) is 3.15. The van der Waals surface area contributed by atoms with E-state index in [0.717, 1.165) is 12.3 Å². The van der Waals surface area contributed by atoms with Gasteiger partial charge in [0.05, 0.1) is 17.6 Å². The lowest BCUT2D eigenvalue weighted by molar-refractivity contribution is -0.591. The summed E-state index contributed by atoms with van der Waals surface area (Å²) in [5.74, 6) is -0.481. The highest BCUT2D eigenvalue weighted by molar-refractivity contribution is 5.69. The molecule has 0 radical (unpaired) electrons. The van der Waals surface area contributed by atoms with E-state index >= 15 is 0 Å². The van der Waals surface area contributed by atoms with Gasteiger partial charge in [0, 0.05) is 14.7 Å². The number of hydrogen-bond acceptors (Lipinski definition) is 4. The molecule has 0 fully saturated rings. The second kappa shape index (κ2) is 4.94. The van der Waals surface area contributed by atoms with Crippen molar-refractivity contribution in [3.05, 3.63) is 48.8 Å². The summed E-state index contributed by atoms with van der Waals surface area (Å²) < 4.78 is 0.195. The fourth-order valence-electron chi connectivity index (χ4n) is 0.910. The Morgan fingerprint density at radius 3 is 2.25 bits per heavy atom. The number of azide groups is 3. The summed E-state index contributed by atoms with van der Waals surface area (Å²) in [6.45, 7) is 0. The molecule has 1 aromatic heterocycles. The maximum absolute atomic E-state index is 11.2. The van der Waals surface area contributed by atoms with Crippen molar-refractivity contribution in [3.8, 4) is 0 Å². The summed E-state index contributed by atoms with van der Waals surface area (Å²) >= 11 is 0. The van der Waals surface area contributed by atoms with Gasteiger partial charge in [0.2, 0.25) is 5.82 Å². The molecule has 0 aliphatic heterocycles. The van der Waals surface area contributed by atoms with Crippen LogP contribution in [0.1, 0.15) is 0 Å². The fraction of sp³-hybridized carbons (Fsp3) is 0. The van der Waals surface area contributed by atoms with Gasteiger partial charge >= 0.3 is 0 Å². The molecule has 0 spiro atoms. The molecule has 1 aromatic rings. The highest BCUT2D eigenvalue weighted by Gasteiger charge is 2.09. The van der Waals surface area contributed by atoms with Gasteiger partial charge in [0.25, 0.3) is 0 Å². The largest absolute Gasteiger partial charge is 0.713 e. The second-order valence-corrected chi connectivity index (χ2v) is 2.27. The third-order valence-corrected chi connectivity index (χ3v) is 1.47. The predicted molar refractivity (Wildman–Crippen MR) is 51.8 cm³/mol. The second-order valence-electron chi connectivity index (χ2n) is 2.27. The molecule has 0 bridgehead atoms. The normalized spacial score (nSPS) is 8.25. The lowest BCUT2D eigenvalue weighted by Gasteiger charge is -2.09. The van der Waals surface area contributed by atoms with Gasteiger partial charge in [-0.3, -0.25) is 4.73 Å². The Balaban J connectivity index is 3.67. The zero-order valence-electron chi connectivity index (χ0n) is 7.54. The summed E-state index contributed by atoms with van der Waals surface area (Å²) in [4.78, 5) is 7.31. The monoisotopic (exact) mass is 218 g/mol. The molecule has 1 heterocycles. The van der Waals surface area contributed by atoms with Crippen LogP contribution in [0.4, 0.5) is 17.2 Å². The zero-order chi connectivity index (χ0) is 12.0. The molecule has 0 unspecified atom stereocenters. The Morgan fingerprint density at radius 1 is 1.06 bits per heavy atom. The Labute approximate surface area is 87.0 Å². The zero-order valence-corrected chi connectivity index (χ0v) is 7.54. The van der Waals surface area contributed by atoms with Crippen molar-refractivity contribution < 1.29 is 4.73 Å². The van der Waals surface area contributed by atoms with Gasteiger partial charge in [0.15, 0.2) is 0 Å². The van der Waals surface area contributed by atoms with Crippen LogP contribution in [0.3, 0.4) is 0 Å². The Kier molecular flexibility index (Phi) is 3.38. The molecule has 11 nitrogen and oxygen atoms in total. The Hall–Kier alpha value is -3.12. The maximum Gasteiger partial charge on any atom is 0.201 e. The van der Waals surface area contributed by atoms with Crippen molar-refractivity contribution in [2.75, 3.05) is 0 Å². The molecule has 1 rings (SSSR count). The summed E-state index contributed by atoms with van der Waals surface area (Å²) in [7, 11) is 0. The third kappa shape index (κ3) is 2.03. The van der Waals surface area contributed by atoms with Crippen molar-refractivity contribution in [2.45, 2.75) is 0 Å². The maximum atomic E-state index is 11.2. The quantitative estimate of drug-likeness (QED) is 0.245. The molecule has 11 heteroatoms. The van der Waals surface area contributed by atoms with E-state index in [4.69, 9.17) is 16.6 Å². The van der Waals surface area contributed by atoms with E-state index in [1.165, 1.54) is 0 Å². The minimum Gasteiger partial charge on any atom is -0.713 e. The first kappa shape index (κ1) is 11.0. The average molecular weight is 218 g/mol. The van der Waals surface area contributed by atoms with Crippen molar-refractivity contribution in [2.24, 2.45) is 15.3 Å². The van der Waals surface area contributed by atoms with Gasteiger partial charge in [-0.05, 0) is 27.8 Å². The van der Waals surface area contributed by atoms with E-state index in [1.54, 1.807) is 0 Å². The van der Waals surface area contributed by atoms with Gasteiger partial charge in [-0.15, -0.1) is 0 Å². The molecular weight excluding hydrogens is 216 g/mol. The fourth-order valence-corrected chi connectivity index (χ4v) is 0.910. The summed E-state index contributed by atoms with van der Waals surface area (Å²) in [5.41, 5.74) is 24.3. The number of aromatic nitrogens is 1. The lowest BCUT2D eigenvalue weighted by atomic mass is 10.3. The van der Waals surface area contributed by atoms with E-state index in [9.17, 15) is 5.21 Å². The van der Waals surface area contributed by atoms with Gasteiger partial charge in [-0.25, -0.2) is 0 Å². The molecule has 0 amide bonds. The van der Waals surface area contributed by atoms with Crippen LogP contribution in [-0.4, -0.2) is 0 Å². The molecule has 0 N–H and O–H groups in total. The Morgan fingerprint density at radius 2 is 1.69 bits per heavy atom. The van der Waals surface area contributed by atoms with Crippen LogP contribution >= 0.6 is 0 Å². The molecule has 0 saturated carbocycles. The average Bonchev–Trinajstić information content (AvgIpc) is 2.27. The minimum absolute atomic E-state index is 0.102. The first-order valence-corrected chi connectivity index (χ1v) is 3.66. The summed E-state index contributed by atoms with van der Waals surface area (Å²) in [6, 6.07) is 1.13. The van der Waals surface area contributed by atoms with E-state index in [2.05, 4.69) is 30.1 Å².